The van der Waals surface area contributed by atoms with Crippen molar-refractivity contribution < 1.29 is 4.79 Å². The van der Waals surface area contributed by atoms with Crippen LogP contribution in [0.25, 0.3) is 0 Å². The van der Waals surface area contributed by atoms with E-state index in [1.165, 1.54) is 30.6 Å². The molecule has 1 aromatic rings. The van der Waals surface area contributed by atoms with E-state index in [-0.39, 0.29) is 6.03 Å². The molecule has 0 unspecified atom stereocenters. The van der Waals surface area contributed by atoms with E-state index in [2.05, 4.69) is 15.5 Å². The van der Waals surface area contributed by atoms with Gasteiger partial charge in [-0.1, -0.05) is 37.5 Å². The summed E-state index contributed by atoms with van der Waals surface area (Å²) in [4.78, 5) is 13.8. The number of anilines is 1. The van der Waals surface area contributed by atoms with E-state index in [9.17, 15) is 4.79 Å². The van der Waals surface area contributed by atoms with Crippen LogP contribution in [-0.2, 0) is 6.42 Å². The van der Waals surface area contributed by atoms with Crippen LogP contribution in [0, 0.1) is 11.8 Å². The second-order valence-electron chi connectivity index (χ2n) is 5.14. The van der Waals surface area contributed by atoms with Crippen molar-refractivity contribution in [2.45, 2.75) is 32.6 Å². The van der Waals surface area contributed by atoms with Gasteiger partial charge in [0.1, 0.15) is 5.01 Å². The molecule has 98 valence electrons. The maximum atomic E-state index is 11.9. The molecule has 3 rings (SSSR count). The van der Waals surface area contributed by atoms with Gasteiger partial charge in [0.25, 0.3) is 0 Å². The standard InChI is InChI=1S/C12H18N4OS/c1-2-10-14-15-11(18-10)13-12(17)16-6-9(7-16)8-4-3-5-8/h8-9H,2-7H2,1H3,(H,13,15,17). The van der Waals surface area contributed by atoms with Gasteiger partial charge in [0.05, 0.1) is 0 Å². The van der Waals surface area contributed by atoms with Crippen LogP contribution in [0.4, 0.5) is 9.93 Å². The van der Waals surface area contributed by atoms with Crippen LogP contribution < -0.4 is 5.32 Å². The Kier molecular flexibility index (Phi) is 3.20. The van der Waals surface area contributed by atoms with Gasteiger partial charge >= 0.3 is 6.03 Å². The molecule has 0 atom stereocenters. The van der Waals surface area contributed by atoms with Crippen LogP contribution in [0.15, 0.2) is 0 Å². The molecule has 1 N–H and O–H groups in total. The van der Waals surface area contributed by atoms with Gasteiger partial charge in [-0.05, 0) is 18.3 Å². The second-order valence-corrected chi connectivity index (χ2v) is 6.20. The van der Waals surface area contributed by atoms with Crippen molar-refractivity contribution in [3.05, 3.63) is 5.01 Å². The summed E-state index contributed by atoms with van der Waals surface area (Å²) >= 11 is 1.46. The summed E-state index contributed by atoms with van der Waals surface area (Å²) in [6, 6.07) is -0.0237. The summed E-state index contributed by atoms with van der Waals surface area (Å²) in [6.45, 7) is 3.86. The summed E-state index contributed by atoms with van der Waals surface area (Å²) in [7, 11) is 0. The van der Waals surface area contributed by atoms with Crippen molar-refractivity contribution in [1.29, 1.82) is 0 Å². The van der Waals surface area contributed by atoms with Gasteiger partial charge in [-0.25, -0.2) is 4.79 Å². The lowest BCUT2D eigenvalue weighted by molar-refractivity contribution is 0.0569. The fourth-order valence-electron chi connectivity index (χ4n) is 2.51. The zero-order valence-electron chi connectivity index (χ0n) is 10.6. The molecule has 2 aliphatic rings. The lowest BCUT2D eigenvalue weighted by Crippen LogP contribution is -2.55. The number of hydrogen-bond acceptors (Lipinski definition) is 4. The third-order valence-corrected chi connectivity index (χ3v) is 4.98. The molecule has 6 heteroatoms. The summed E-state index contributed by atoms with van der Waals surface area (Å²) in [5.74, 6) is 1.62. The molecule has 1 saturated heterocycles. The maximum absolute atomic E-state index is 11.9. The van der Waals surface area contributed by atoms with E-state index >= 15 is 0 Å². The number of hydrogen-bond donors (Lipinski definition) is 1. The van der Waals surface area contributed by atoms with E-state index in [0.717, 1.165) is 36.4 Å². The lowest BCUT2D eigenvalue weighted by atomic mass is 9.73. The van der Waals surface area contributed by atoms with Crippen molar-refractivity contribution in [3.8, 4) is 0 Å². The number of nitrogens with zero attached hydrogens (tertiary/aromatic N) is 3. The Labute approximate surface area is 111 Å². The minimum Gasteiger partial charge on any atom is -0.324 e. The Balaban J connectivity index is 1.47. The fourth-order valence-corrected chi connectivity index (χ4v) is 3.17. The molecule has 2 amide bonds. The third-order valence-electron chi connectivity index (χ3n) is 4.00. The molecule has 0 spiro atoms. The average molecular weight is 266 g/mol. The average Bonchev–Trinajstić information content (AvgIpc) is 2.67. The van der Waals surface area contributed by atoms with E-state index < -0.39 is 0 Å². The number of urea groups is 1. The maximum Gasteiger partial charge on any atom is 0.323 e. The van der Waals surface area contributed by atoms with E-state index in [1.54, 1.807) is 0 Å². The van der Waals surface area contributed by atoms with Crippen LogP contribution in [0.5, 0.6) is 0 Å². The van der Waals surface area contributed by atoms with Crippen LogP contribution in [0.1, 0.15) is 31.2 Å². The Morgan fingerprint density at radius 2 is 2.17 bits per heavy atom. The Morgan fingerprint density at radius 3 is 2.72 bits per heavy atom. The minimum atomic E-state index is -0.0237. The van der Waals surface area contributed by atoms with E-state index in [4.69, 9.17) is 0 Å². The van der Waals surface area contributed by atoms with Gasteiger partial charge in [-0.3, -0.25) is 5.32 Å². The molecule has 2 fully saturated rings. The Hall–Kier alpha value is -1.17. The number of carbonyl (C=O) groups is 1. The topological polar surface area (TPSA) is 58.1 Å². The highest BCUT2D eigenvalue weighted by Gasteiger charge is 2.38. The number of likely N-dealkylation sites (tertiary alicyclic amines) is 1. The summed E-state index contributed by atoms with van der Waals surface area (Å²) in [5, 5.41) is 12.4. The molecule has 1 aliphatic heterocycles. The zero-order chi connectivity index (χ0) is 12.5. The molecule has 0 bridgehead atoms. The van der Waals surface area contributed by atoms with Gasteiger partial charge in [0, 0.05) is 13.1 Å². The quantitative estimate of drug-likeness (QED) is 0.913. The SMILES string of the molecule is CCc1nnc(NC(=O)N2CC(C3CCC3)C2)s1. The summed E-state index contributed by atoms with van der Waals surface area (Å²) in [5.41, 5.74) is 0. The molecular weight excluding hydrogens is 248 g/mol. The van der Waals surface area contributed by atoms with Crippen LogP contribution in [0.3, 0.4) is 0 Å². The number of nitrogens with one attached hydrogen (secondary N) is 1. The molecule has 1 saturated carbocycles. The molecule has 0 radical (unpaired) electrons. The first-order valence-corrected chi connectivity index (χ1v) is 7.46. The molecule has 0 aromatic carbocycles. The molecule has 5 nitrogen and oxygen atoms in total. The van der Waals surface area contributed by atoms with Gasteiger partial charge in [-0.15, -0.1) is 10.2 Å². The van der Waals surface area contributed by atoms with Gasteiger partial charge in [-0.2, -0.15) is 0 Å². The lowest BCUT2D eigenvalue weighted by Gasteiger charge is -2.46. The fraction of sp³-hybridized carbons (Fsp3) is 0.750. The number of rotatable bonds is 3. The first kappa shape index (κ1) is 11.9. The number of carbonyl (C=O) groups excluding carboxylic acids is 1. The zero-order valence-corrected chi connectivity index (χ0v) is 11.4. The highest BCUT2D eigenvalue weighted by Crippen LogP contribution is 2.38. The van der Waals surface area contributed by atoms with E-state index in [1.807, 2.05) is 11.8 Å². The molecule has 1 aliphatic carbocycles. The third kappa shape index (κ3) is 2.21. The van der Waals surface area contributed by atoms with Crippen molar-refractivity contribution in [2.24, 2.45) is 11.8 Å². The van der Waals surface area contributed by atoms with Gasteiger partial charge in [0.15, 0.2) is 0 Å². The monoisotopic (exact) mass is 266 g/mol. The number of amides is 2. The number of aromatic nitrogens is 2. The highest BCUT2D eigenvalue weighted by atomic mass is 32.1. The Bertz CT molecular complexity index is 437. The largest absolute Gasteiger partial charge is 0.324 e. The highest BCUT2D eigenvalue weighted by molar-refractivity contribution is 7.15. The second kappa shape index (κ2) is 4.84. The van der Waals surface area contributed by atoms with Crippen molar-refractivity contribution in [3.63, 3.8) is 0 Å². The molecule has 1 aromatic heterocycles. The van der Waals surface area contributed by atoms with Crippen molar-refractivity contribution in [2.75, 3.05) is 18.4 Å². The smallest absolute Gasteiger partial charge is 0.323 e. The Morgan fingerprint density at radius 1 is 1.39 bits per heavy atom. The predicted molar refractivity (Wildman–Crippen MR) is 70.7 cm³/mol. The van der Waals surface area contributed by atoms with E-state index in [0.29, 0.717) is 5.13 Å². The first-order valence-electron chi connectivity index (χ1n) is 6.64. The van der Waals surface area contributed by atoms with Gasteiger partial charge < -0.3 is 4.90 Å². The van der Waals surface area contributed by atoms with Crippen molar-refractivity contribution >= 4 is 22.5 Å². The molecule has 2 heterocycles. The number of aryl methyl sites for hydroxylation is 1. The van der Waals surface area contributed by atoms with Crippen LogP contribution in [-0.4, -0.2) is 34.2 Å². The predicted octanol–water partition coefficient (Wildman–Crippen LogP) is 2.36. The minimum absolute atomic E-state index is 0.0237. The van der Waals surface area contributed by atoms with Crippen molar-refractivity contribution in [1.82, 2.24) is 15.1 Å². The van der Waals surface area contributed by atoms with Crippen LogP contribution in [0.2, 0.25) is 0 Å². The molecule has 18 heavy (non-hydrogen) atoms. The molecular formula is C12H18N4OS. The van der Waals surface area contributed by atoms with Crippen LogP contribution >= 0.6 is 11.3 Å². The summed E-state index contributed by atoms with van der Waals surface area (Å²) < 4.78 is 0. The van der Waals surface area contributed by atoms with Gasteiger partial charge in [0.2, 0.25) is 5.13 Å². The summed E-state index contributed by atoms with van der Waals surface area (Å²) in [6.07, 6.45) is 4.95. The first-order chi connectivity index (χ1) is 8.76. The normalized spacial score (nSPS) is 20.4.